The molecular weight excluding hydrogens is 610 g/mol. The minimum absolute atomic E-state index is 0.0213. The fourth-order valence-corrected chi connectivity index (χ4v) is 5.73. The van der Waals surface area contributed by atoms with Crippen molar-refractivity contribution in [1.82, 2.24) is 24.0 Å². The lowest BCUT2D eigenvalue weighted by Crippen LogP contribution is -2.54. The van der Waals surface area contributed by atoms with E-state index in [4.69, 9.17) is 17.3 Å². The van der Waals surface area contributed by atoms with E-state index in [0.717, 1.165) is 25.7 Å². The summed E-state index contributed by atoms with van der Waals surface area (Å²) in [5.74, 6) is -4.93. The number of hydrogen-bond donors (Lipinski definition) is 3. The smallest absolute Gasteiger partial charge is 0.263 e. The van der Waals surface area contributed by atoms with Crippen LogP contribution in [0, 0.1) is 24.5 Å². The predicted molar refractivity (Wildman–Crippen MR) is 167 cm³/mol. The van der Waals surface area contributed by atoms with E-state index in [1.807, 2.05) is 0 Å². The van der Waals surface area contributed by atoms with Crippen LogP contribution in [0.1, 0.15) is 30.0 Å². The molecule has 0 spiro atoms. The number of halogens is 3. The third kappa shape index (κ3) is 5.82. The van der Waals surface area contributed by atoms with Crippen LogP contribution in [0.25, 0.3) is 22.2 Å². The van der Waals surface area contributed by atoms with Gasteiger partial charge in [0.2, 0.25) is 11.7 Å². The highest BCUT2D eigenvalue weighted by atomic mass is 35.5. The third-order valence-corrected chi connectivity index (χ3v) is 8.47. The van der Waals surface area contributed by atoms with E-state index in [2.05, 4.69) is 46.0 Å². The number of rotatable bonds is 7. The zero-order valence-electron chi connectivity index (χ0n) is 25.4. The summed E-state index contributed by atoms with van der Waals surface area (Å²) in [7, 11) is 3.52. The number of carbonyl (C=O) groups excluding carboxylic acids is 2. The molecule has 1 aliphatic heterocycles. The average Bonchev–Trinajstić information content (AvgIpc) is 3.32. The minimum atomic E-state index is -1.71. The molecule has 4 heterocycles. The lowest BCUT2D eigenvalue weighted by atomic mass is 9.99. The number of nitrogens with zero attached hydrogens (tertiary/aromatic N) is 6. The van der Waals surface area contributed by atoms with Crippen molar-refractivity contribution >= 4 is 46.0 Å². The number of aromatic hydroxyl groups is 1. The van der Waals surface area contributed by atoms with Crippen LogP contribution >= 0.6 is 11.6 Å². The Kier molecular flexibility index (Phi) is 8.55. The number of pyridine rings is 1. The molecule has 3 aromatic heterocycles. The largest absolute Gasteiger partial charge is 0.504 e. The summed E-state index contributed by atoms with van der Waals surface area (Å²) in [6.07, 6.45) is 2.73. The first-order valence-corrected chi connectivity index (χ1v) is 14.6. The first-order chi connectivity index (χ1) is 21.2. The lowest BCUT2D eigenvalue weighted by Gasteiger charge is -2.43. The van der Waals surface area contributed by atoms with E-state index in [1.54, 1.807) is 13.0 Å². The standard InChI is InChI=1S/C30H33ClF2N8O4/c1-14(2)21-12-38(4)6-7-41(21)22-9-20(19(31)10-35-22)37-23(42)13-40-11-18(24-29(40)36-15(3)39(5)30(24)45)16-8-17(28(34)44)27(43)26(33)25(16)32/h8-11,14,21,43H,6-7,12-13H2,1-5H3,(H2,34,44)(H,35,37,42)/t21-/m1/s1. The van der Waals surface area contributed by atoms with E-state index >= 15 is 4.39 Å². The van der Waals surface area contributed by atoms with E-state index in [1.165, 1.54) is 28.6 Å². The molecule has 1 saturated heterocycles. The SMILES string of the molecule is Cc1nc2c(c(-c3cc(C(N)=O)c(O)c(F)c3F)cn2CC(=O)Nc2cc(N3CCN(C)C[C@@H]3C(C)C)ncc2Cl)c(=O)n1C. The summed E-state index contributed by atoms with van der Waals surface area (Å²) >= 11 is 6.43. The number of piperazine rings is 1. The molecule has 0 radical (unpaired) electrons. The number of phenols is 1. The van der Waals surface area contributed by atoms with Gasteiger partial charge in [-0.3, -0.25) is 19.0 Å². The maximum absolute atomic E-state index is 15.2. The number of fused-ring (bicyclic) bond motifs is 1. The van der Waals surface area contributed by atoms with Crippen molar-refractivity contribution in [3.63, 3.8) is 0 Å². The predicted octanol–water partition coefficient (Wildman–Crippen LogP) is 3.26. The number of carbonyl (C=O) groups is 2. The third-order valence-electron chi connectivity index (χ3n) is 8.17. The minimum Gasteiger partial charge on any atom is -0.504 e. The quantitative estimate of drug-likeness (QED) is 0.278. The second-order valence-electron chi connectivity index (χ2n) is 11.5. The number of anilines is 2. The highest BCUT2D eigenvalue weighted by Gasteiger charge is 2.30. The number of primary amides is 1. The lowest BCUT2D eigenvalue weighted by molar-refractivity contribution is -0.116. The average molecular weight is 643 g/mol. The number of hydrogen-bond acceptors (Lipinski definition) is 8. The van der Waals surface area contributed by atoms with Crippen LogP contribution in [0.2, 0.25) is 5.02 Å². The first-order valence-electron chi connectivity index (χ1n) is 14.2. The van der Waals surface area contributed by atoms with Gasteiger partial charge in [0.15, 0.2) is 11.6 Å². The second kappa shape index (κ2) is 12.1. The van der Waals surface area contributed by atoms with Crippen molar-refractivity contribution in [2.45, 2.75) is 33.4 Å². The number of aryl methyl sites for hydroxylation is 1. The fourth-order valence-electron chi connectivity index (χ4n) is 5.58. The first kappa shape index (κ1) is 31.9. The Morgan fingerprint density at radius 2 is 1.89 bits per heavy atom. The maximum atomic E-state index is 15.2. The van der Waals surface area contributed by atoms with Crippen molar-refractivity contribution in [2.24, 2.45) is 18.7 Å². The van der Waals surface area contributed by atoms with Crippen LogP contribution < -0.4 is 21.5 Å². The molecule has 1 atom stereocenters. The Morgan fingerprint density at radius 1 is 1.18 bits per heavy atom. The van der Waals surface area contributed by atoms with Crippen molar-refractivity contribution in [3.8, 4) is 16.9 Å². The Hall–Kier alpha value is -4.56. The number of likely N-dealkylation sites (N-methyl/N-ethyl adjacent to an activating group) is 1. The van der Waals surface area contributed by atoms with Crippen LogP contribution in [0.15, 0.2) is 29.3 Å². The number of nitrogens with two attached hydrogens (primary N) is 1. The van der Waals surface area contributed by atoms with Gasteiger partial charge in [0.1, 0.15) is 23.8 Å². The molecule has 45 heavy (non-hydrogen) atoms. The van der Waals surface area contributed by atoms with Crippen LogP contribution in [0.3, 0.4) is 0 Å². The van der Waals surface area contributed by atoms with Crippen LogP contribution in [0.4, 0.5) is 20.3 Å². The monoisotopic (exact) mass is 642 g/mol. The van der Waals surface area contributed by atoms with Gasteiger partial charge < -0.3 is 30.5 Å². The Balaban J connectivity index is 1.54. The van der Waals surface area contributed by atoms with Gasteiger partial charge in [0.05, 0.1) is 27.9 Å². The van der Waals surface area contributed by atoms with E-state index in [9.17, 15) is 23.9 Å². The molecule has 0 saturated carbocycles. The normalized spacial score (nSPS) is 15.7. The van der Waals surface area contributed by atoms with Gasteiger partial charge in [-0.05, 0) is 26.0 Å². The van der Waals surface area contributed by atoms with Gasteiger partial charge in [0.25, 0.3) is 11.5 Å². The Labute approximate surface area is 262 Å². The van der Waals surface area contributed by atoms with Gasteiger partial charge in [-0.15, -0.1) is 0 Å². The summed E-state index contributed by atoms with van der Waals surface area (Å²) in [6, 6.07) is 2.76. The maximum Gasteiger partial charge on any atom is 0.263 e. The molecule has 5 rings (SSSR count). The molecule has 1 fully saturated rings. The van der Waals surface area contributed by atoms with Gasteiger partial charge >= 0.3 is 0 Å². The number of aromatic nitrogens is 4. The van der Waals surface area contributed by atoms with Gasteiger partial charge in [-0.25, -0.2) is 14.4 Å². The fraction of sp³-hybridized carbons (Fsp3) is 0.367. The molecule has 238 valence electrons. The van der Waals surface area contributed by atoms with Crippen molar-refractivity contribution in [3.05, 3.63) is 62.9 Å². The molecule has 15 heteroatoms. The van der Waals surface area contributed by atoms with Crippen LogP contribution in [0.5, 0.6) is 5.75 Å². The van der Waals surface area contributed by atoms with Crippen molar-refractivity contribution < 1.29 is 23.5 Å². The Bertz CT molecular complexity index is 1910. The van der Waals surface area contributed by atoms with E-state index in [-0.39, 0.29) is 27.7 Å². The van der Waals surface area contributed by atoms with Gasteiger partial charge in [-0.2, -0.15) is 4.39 Å². The molecule has 4 aromatic rings. The Morgan fingerprint density at radius 3 is 2.56 bits per heavy atom. The molecular formula is C30H33ClF2N8O4. The zero-order chi connectivity index (χ0) is 32.9. The number of nitrogens with one attached hydrogen (secondary N) is 1. The second-order valence-corrected chi connectivity index (χ2v) is 11.9. The number of amides is 2. The summed E-state index contributed by atoms with van der Waals surface area (Å²) in [5, 5.41) is 12.8. The molecule has 2 amide bonds. The van der Waals surface area contributed by atoms with Crippen molar-refractivity contribution in [2.75, 3.05) is 36.9 Å². The summed E-state index contributed by atoms with van der Waals surface area (Å²) < 4.78 is 32.4. The summed E-state index contributed by atoms with van der Waals surface area (Å²) in [6.45, 7) is 7.90. The van der Waals surface area contributed by atoms with Crippen LogP contribution in [-0.4, -0.2) is 73.6 Å². The van der Waals surface area contributed by atoms with Crippen LogP contribution in [-0.2, 0) is 18.4 Å². The molecule has 12 nitrogen and oxygen atoms in total. The topological polar surface area (TPSA) is 152 Å². The van der Waals surface area contributed by atoms with E-state index in [0.29, 0.717) is 23.2 Å². The highest BCUT2D eigenvalue weighted by molar-refractivity contribution is 6.33. The van der Waals surface area contributed by atoms with E-state index < -0.39 is 52.4 Å². The summed E-state index contributed by atoms with van der Waals surface area (Å²) in [4.78, 5) is 52.0. The number of benzene rings is 1. The zero-order valence-corrected chi connectivity index (χ0v) is 26.1. The molecule has 1 aromatic carbocycles. The molecule has 0 aliphatic carbocycles. The molecule has 4 N–H and O–H groups in total. The van der Waals surface area contributed by atoms with Gasteiger partial charge in [0, 0.05) is 56.1 Å². The molecule has 0 bridgehead atoms. The molecule has 1 aliphatic rings. The van der Waals surface area contributed by atoms with Crippen molar-refractivity contribution in [1.29, 1.82) is 0 Å². The highest BCUT2D eigenvalue weighted by Crippen LogP contribution is 2.36. The molecule has 0 unspecified atom stereocenters. The summed E-state index contributed by atoms with van der Waals surface area (Å²) in [5.41, 5.74) is 3.66. The van der Waals surface area contributed by atoms with Gasteiger partial charge in [-0.1, -0.05) is 25.4 Å².